The lowest BCUT2D eigenvalue weighted by Gasteiger charge is -2.08. The van der Waals surface area contributed by atoms with E-state index in [4.69, 9.17) is 9.26 Å². The van der Waals surface area contributed by atoms with Crippen molar-refractivity contribution >= 4 is 22.8 Å². The normalized spacial score (nSPS) is 10.8. The minimum atomic E-state index is -0.322. The second-order valence-electron chi connectivity index (χ2n) is 4.94. The Kier molecular flexibility index (Phi) is 4.92. The first kappa shape index (κ1) is 15.0. The number of hydrogen-bond acceptors (Lipinski definition) is 5. The van der Waals surface area contributed by atoms with E-state index in [9.17, 15) is 9.59 Å². The molecule has 1 amide bonds. The summed E-state index contributed by atoms with van der Waals surface area (Å²) in [5.41, 5.74) is 1.24. The van der Waals surface area contributed by atoms with E-state index in [2.05, 4.69) is 10.5 Å². The SMILES string of the molecule is CC(C)OC(=O)CCNC(=O)Cc1noc2ccccc12. The Morgan fingerprint density at radius 1 is 1.33 bits per heavy atom. The summed E-state index contributed by atoms with van der Waals surface area (Å²) < 4.78 is 10.1. The second-order valence-corrected chi connectivity index (χ2v) is 4.94. The minimum absolute atomic E-state index is 0.121. The van der Waals surface area contributed by atoms with E-state index in [1.54, 1.807) is 19.9 Å². The molecule has 0 aliphatic heterocycles. The summed E-state index contributed by atoms with van der Waals surface area (Å²) in [6, 6.07) is 7.36. The lowest BCUT2D eigenvalue weighted by molar-refractivity contribution is -0.147. The molecule has 0 bridgehead atoms. The average Bonchev–Trinajstić information content (AvgIpc) is 2.81. The van der Waals surface area contributed by atoms with Crippen molar-refractivity contribution in [3.05, 3.63) is 30.0 Å². The van der Waals surface area contributed by atoms with Crippen molar-refractivity contribution < 1.29 is 18.8 Å². The van der Waals surface area contributed by atoms with Crippen molar-refractivity contribution in [1.29, 1.82) is 0 Å². The van der Waals surface area contributed by atoms with Gasteiger partial charge in [-0.1, -0.05) is 17.3 Å². The van der Waals surface area contributed by atoms with Crippen LogP contribution < -0.4 is 5.32 Å². The number of nitrogens with one attached hydrogen (secondary N) is 1. The van der Waals surface area contributed by atoms with Crippen LogP contribution in [-0.4, -0.2) is 29.7 Å². The van der Waals surface area contributed by atoms with Crippen LogP contribution in [0.1, 0.15) is 26.0 Å². The van der Waals surface area contributed by atoms with E-state index in [1.807, 2.05) is 18.2 Å². The molecule has 0 unspecified atom stereocenters. The van der Waals surface area contributed by atoms with Gasteiger partial charge in [0, 0.05) is 11.9 Å². The largest absolute Gasteiger partial charge is 0.463 e. The molecule has 21 heavy (non-hydrogen) atoms. The number of esters is 1. The van der Waals surface area contributed by atoms with Crippen LogP contribution >= 0.6 is 0 Å². The molecule has 2 aromatic rings. The zero-order valence-corrected chi connectivity index (χ0v) is 12.1. The average molecular weight is 290 g/mol. The molecule has 0 spiro atoms. The molecule has 0 aliphatic carbocycles. The molecule has 112 valence electrons. The van der Waals surface area contributed by atoms with Gasteiger partial charge in [-0.25, -0.2) is 0 Å². The van der Waals surface area contributed by atoms with Crippen molar-refractivity contribution in [2.75, 3.05) is 6.54 Å². The highest BCUT2D eigenvalue weighted by Gasteiger charge is 2.12. The third-order valence-electron chi connectivity index (χ3n) is 2.80. The highest BCUT2D eigenvalue weighted by Crippen LogP contribution is 2.17. The number of benzene rings is 1. The lowest BCUT2D eigenvalue weighted by Crippen LogP contribution is -2.28. The third-order valence-corrected chi connectivity index (χ3v) is 2.80. The summed E-state index contributed by atoms with van der Waals surface area (Å²) in [7, 11) is 0. The van der Waals surface area contributed by atoms with Crippen LogP contribution in [0, 0.1) is 0 Å². The van der Waals surface area contributed by atoms with Gasteiger partial charge in [0.15, 0.2) is 5.58 Å². The van der Waals surface area contributed by atoms with Gasteiger partial charge in [0.05, 0.1) is 18.9 Å². The maximum atomic E-state index is 11.8. The van der Waals surface area contributed by atoms with Crippen LogP contribution in [0.25, 0.3) is 11.0 Å². The smallest absolute Gasteiger partial charge is 0.307 e. The van der Waals surface area contributed by atoms with E-state index in [0.717, 1.165) is 5.39 Å². The van der Waals surface area contributed by atoms with Crippen LogP contribution in [0.2, 0.25) is 0 Å². The molecule has 0 saturated carbocycles. The maximum absolute atomic E-state index is 11.8. The molecule has 0 aliphatic rings. The highest BCUT2D eigenvalue weighted by atomic mass is 16.5. The summed E-state index contributed by atoms with van der Waals surface area (Å²) in [5, 5.41) is 7.38. The molecule has 6 nitrogen and oxygen atoms in total. The Bertz CT molecular complexity index is 633. The Labute approximate surface area is 122 Å². The van der Waals surface area contributed by atoms with Crippen LogP contribution in [0.5, 0.6) is 0 Å². The van der Waals surface area contributed by atoms with Crippen molar-refractivity contribution in [1.82, 2.24) is 10.5 Å². The molecule has 1 N–H and O–H groups in total. The van der Waals surface area contributed by atoms with Gasteiger partial charge in [-0.2, -0.15) is 0 Å². The number of amides is 1. The standard InChI is InChI=1S/C15H18N2O4/c1-10(2)20-15(19)7-8-16-14(18)9-12-11-5-3-4-6-13(11)21-17-12/h3-6,10H,7-9H2,1-2H3,(H,16,18). The van der Waals surface area contributed by atoms with Gasteiger partial charge in [0.2, 0.25) is 5.91 Å². The van der Waals surface area contributed by atoms with Crippen LogP contribution in [0.4, 0.5) is 0 Å². The summed E-state index contributed by atoms with van der Waals surface area (Å²) in [5.74, 6) is -0.524. The fourth-order valence-electron chi connectivity index (χ4n) is 1.91. The Balaban J connectivity index is 1.81. The Hall–Kier alpha value is -2.37. The molecule has 0 saturated heterocycles. The number of rotatable bonds is 6. The molecule has 6 heteroatoms. The van der Waals surface area contributed by atoms with Gasteiger partial charge in [0.25, 0.3) is 0 Å². The van der Waals surface area contributed by atoms with Gasteiger partial charge in [-0.15, -0.1) is 0 Å². The Morgan fingerprint density at radius 3 is 2.86 bits per heavy atom. The van der Waals surface area contributed by atoms with Gasteiger partial charge in [0.1, 0.15) is 5.69 Å². The third kappa shape index (κ3) is 4.30. The summed E-state index contributed by atoms with van der Waals surface area (Å²) in [6.07, 6.45) is 0.134. The molecule has 0 fully saturated rings. The fourth-order valence-corrected chi connectivity index (χ4v) is 1.91. The molecule has 2 rings (SSSR count). The predicted octanol–water partition coefficient (Wildman–Crippen LogP) is 1.83. The molecule has 0 atom stereocenters. The zero-order chi connectivity index (χ0) is 15.2. The van der Waals surface area contributed by atoms with Crippen molar-refractivity contribution in [2.45, 2.75) is 32.8 Å². The zero-order valence-electron chi connectivity index (χ0n) is 12.1. The predicted molar refractivity (Wildman–Crippen MR) is 76.6 cm³/mol. The van der Waals surface area contributed by atoms with E-state index < -0.39 is 0 Å². The quantitative estimate of drug-likeness (QED) is 0.821. The molecular weight excluding hydrogens is 272 g/mol. The van der Waals surface area contributed by atoms with E-state index in [0.29, 0.717) is 11.3 Å². The number of hydrogen-bond donors (Lipinski definition) is 1. The van der Waals surface area contributed by atoms with Crippen molar-refractivity contribution in [3.63, 3.8) is 0 Å². The minimum Gasteiger partial charge on any atom is -0.463 e. The van der Waals surface area contributed by atoms with Crippen LogP contribution in [0.15, 0.2) is 28.8 Å². The lowest BCUT2D eigenvalue weighted by atomic mass is 10.1. The monoisotopic (exact) mass is 290 g/mol. The van der Waals surface area contributed by atoms with Gasteiger partial charge >= 0.3 is 5.97 Å². The summed E-state index contributed by atoms with van der Waals surface area (Å²) in [4.78, 5) is 23.1. The molecule has 0 radical (unpaired) electrons. The van der Waals surface area contributed by atoms with E-state index in [1.165, 1.54) is 0 Å². The highest BCUT2D eigenvalue weighted by molar-refractivity contribution is 5.86. The molecule has 1 heterocycles. The maximum Gasteiger partial charge on any atom is 0.307 e. The van der Waals surface area contributed by atoms with Crippen molar-refractivity contribution in [3.8, 4) is 0 Å². The molecule has 1 aromatic carbocycles. The van der Waals surface area contributed by atoms with Gasteiger partial charge < -0.3 is 14.6 Å². The van der Waals surface area contributed by atoms with E-state index in [-0.39, 0.29) is 37.4 Å². The van der Waals surface area contributed by atoms with Gasteiger partial charge in [-0.3, -0.25) is 9.59 Å². The molecular formula is C15H18N2O4. The van der Waals surface area contributed by atoms with Gasteiger partial charge in [-0.05, 0) is 26.0 Å². The number of para-hydroxylation sites is 1. The van der Waals surface area contributed by atoms with Crippen LogP contribution in [-0.2, 0) is 20.7 Å². The second kappa shape index (κ2) is 6.88. The first-order chi connectivity index (χ1) is 10.1. The van der Waals surface area contributed by atoms with Crippen LogP contribution in [0.3, 0.4) is 0 Å². The number of aromatic nitrogens is 1. The number of ether oxygens (including phenoxy) is 1. The number of carbonyl (C=O) groups excluding carboxylic acids is 2. The first-order valence-corrected chi connectivity index (χ1v) is 6.85. The summed E-state index contributed by atoms with van der Waals surface area (Å²) >= 11 is 0. The Morgan fingerprint density at radius 2 is 2.10 bits per heavy atom. The molecule has 1 aromatic heterocycles. The number of carbonyl (C=O) groups is 2. The van der Waals surface area contributed by atoms with E-state index >= 15 is 0 Å². The van der Waals surface area contributed by atoms with Crippen molar-refractivity contribution in [2.24, 2.45) is 0 Å². The topological polar surface area (TPSA) is 81.4 Å². The first-order valence-electron chi connectivity index (χ1n) is 6.85. The summed E-state index contributed by atoms with van der Waals surface area (Å²) in [6.45, 7) is 3.82. The fraction of sp³-hybridized carbons (Fsp3) is 0.400. The number of nitrogens with zero attached hydrogens (tertiary/aromatic N) is 1. The number of fused-ring (bicyclic) bond motifs is 1.